The normalized spacial score (nSPS) is 14.1. The number of nitrogens with zero attached hydrogens (tertiary/aromatic N) is 5. The zero-order valence-electron chi connectivity index (χ0n) is 20.1. The van der Waals surface area contributed by atoms with Crippen LogP contribution in [0.5, 0.6) is 0 Å². The van der Waals surface area contributed by atoms with E-state index in [0.717, 1.165) is 5.56 Å². The molecule has 1 N–H and O–H groups in total. The Morgan fingerprint density at radius 1 is 1.15 bits per heavy atom. The Kier molecular flexibility index (Phi) is 7.64. The number of nitrogens with one attached hydrogen (secondary N) is 1. The lowest BCUT2D eigenvalue weighted by Crippen LogP contribution is -2.50. The number of hydrogen-bond donors (Lipinski definition) is 1. The second-order valence-corrected chi connectivity index (χ2v) is 9.60. The van der Waals surface area contributed by atoms with E-state index < -0.39 is 5.60 Å². The van der Waals surface area contributed by atoms with Gasteiger partial charge in [0.15, 0.2) is 0 Å². The molecule has 3 rings (SSSR count). The summed E-state index contributed by atoms with van der Waals surface area (Å²) >= 11 is 6.35. The highest BCUT2D eigenvalue weighted by molar-refractivity contribution is 6.34. The number of hydrogen-bond acceptors (Lipinski definition) is 7. The van der Waals surface area contributed by atoms with E-state index >= 15 is 0 Å². The fraction of sp³-hybridized carbons (Fsp3) is 0.417. The van der Waals surface area contributed by atoms with Gasteiger partial charge in [-0.2, -0.15) is 5.26 Å². The molecule has 1 aliphatic heterocycles. The summed E-state index contributed by atoms with van der Waals surface area (Å²) in [5.41, 5.74) is 4.36. The highest BCUT2D eigenvalue weighted by Crippen LogP contribution is 2.29. The van der Waals surface area contributed by atoms with E-state index in [-0.39, 0.29) is 12.0 Å². The molecule has 2 aromatic rings. The molecule has 34 heavy (non-hydrogen) atoms. The van der Waals surface area contributed by atoms with Crippen LogP contribution in [0.4, 0.5) is 10.6 Å². The summed E-state index contributed by atoms with van der Waals surface area (Å²) in [4.78, 5) is 32.8. The maximum absolute atomic E-state index is 12.3. The minimum atomic E-state index is -0.545. The van der Waals surface area contributed by atoms with Gasteiger partial charge in [0.05, 0.1) is 16.1 Å². The van der Waals surface area contributed by atoms with Crippen LogP contribution < -0.4 is 10.3 Å². The van der Waals surface area contributed by atoms with Crippen molar-refractivity contribution in [3.63, 3.8) is 0 Å². The first-order valence-corrected chi connectivity index (χ1v) is 11.3. The van der Waals surface area contributed by atoms with Gasteiger partial charge in [0.25, 0.3) is 5.91 Å². The number of carbonyl (C=O) groups is 2. The molecule has 180 valence electrons. The second-order valence-electron chi connectivity index (χ2n) is 9.19. The average molecular weight is 485 g/mol. The van der Waals surface area contributed by atoms with Gasteiger partial charge in [0.1, 0.15) is 17.5 Å². The van der Waals surface area contributed by atoms with E-state index in [0.29, 0.717) is 53.7 Å². The van der Waals surface area contributed by atoms with Crippen LogP contribution in [0.25, 0.3) is 11.1 Å². The summed E-state index contributed by atoms with van der Waals surface area (Å²) in [7, 11) is 3.43. The summed E-state index contributed by atoms with van der Waals surface area (Å²) in [6.07, 6.45) is 1.34. The molecule has 0 bridgehead atoms. The van der Waals surface area contributed by atoms with Gasteiger partial charge in [-0.3, -0.25) is 10.2 Å². The molecular weight excluding hydrogens is 456 g/mol. The van der Waals surface area contributed by atoms with E-state index in [4.69, 9.17) is 16.3 Å². The van der Waals surface area contributed by atoms with Crippen molar-refractivity contribution in [2.24, 2.45) is 0 Å². The van der Waals surface area contributed by atoms with Gasteiger partial charge in [-0.05, 0) is 44.5 Å². The molecule has 0 radical (unpaired) electrons. The Morgan fingerprint density at radius 3 is 2.38 bits per heavy atom. The van der Waals surface area contributed by atoms with Crippen LogP contribution in [0.1, 0.15) is 36.7 Å². The molecule has 9 nitrogen and oxygen atoms in total. The molecule has 0 atom stereocenters. The van der Waals surface area contributed by atoms with Crippen LogP contribution in [-0.4, -0.2) is 72.8 Å². The smallest absolute Gasteiger partial charge is 0.410 e. The molecule has 0 aliphatic carbocycles. The Morgan fingerprint density at radius 2 is 1.82 bits per heavy atom. The molecule has 2 amide bonds. The monoisotopic (exact) mass is 484 g/mol. The van der Waals surface area contributed by atoms with Crippen LogP contribution in [0.3, 0.4) is 0 Å². The van der Waals surface area contributed by atoms with Gasteiger partial charge in [-0.25, -0.2) is 14.8 Å². The lowest BCUT2D eigenvalue weighted by atomic mass is 10.0. The number of anilines is 1. The summed E-state index contributed by atoms with van der Waals surface area (Å²) < 4.78 is 5.44. The Balaban J connectivity index is 1.75. The summed E-state index contributed by atoms with van der Waals surface area (Å²) in [5.74, 6) is 0.265. The largest absolute Gasteiger partial charge is 0.444 e. The maximum Gasteiger partial charge on any atom is 0.410 e. The molecule has 1 aliphatic rings. The van der Waals surface area contributed by atoms with Gasteiger partial charge in [-0.1, -0.05) is 17.7 Å². The lowest BCUT2D eigenvalue weighted by molar-refractivity contribution is 0.0240. The topological polar surface area (TPSA) is 102 Å². The molecule has 10 heteroatoms. The maximum atomic E-state index is 12.3. The number of carbonyl (C=O) groups excluding carboxylic acids is 2. The van der Waals surface area contributed by atoms with Crippen LogP contribution in [0.2, 0.25) is 5.02 Å². The first-order chi connectivity index (χ1) is 16.0. The van der Waals surface area contributed by atoms with E-state index in [9.17, 15) is 14.9 Å². The highest BCUT2D eigenvalue weighted by Gasteiger charge is 2.27. The number of pyridine rings is 1. The van der Waals surface area contributed by atoms with Gasteiger partial charge in [0, 0.05) is 52.0 Å². The molecule has 1 saturated heterocycles. The van der Waals surface area contributed by atoms with Crippen molar-refractivity contribution in [1.29, 1.82) is 5.26 Å². The van der Waals surface area contributed by atoms with Crippen LogP contribution in [0.15, 0.2) is 30.5 Å². The second kappa shape index (κ2) is 10.3. The third kappa shape index (κ3) is 6.16. The molecule has 1 aromatic heterocycles. The summed E-state index contributed by atoms with van der Waals surface area (Å²) in [6, 6.07) is 9.08. The van der Waals surface area contributed by atoms with Crippen LogP contribution in [0, 0.1) is 11.3 Å². The molecule has 1 aromatic carbocycles. The summed E-state index contributed by atoms with van der Waals surface area (Å²) in [6.45, 7) is 7.56. The van der Waals surface area contributed by atoms with Gasteiger partial charge in [0.2, 0.25) is 0 Å². The Labute approximate surface area is 204 Å². The molecule has 1 fully saturated rings. The zero-order valence-corrected chi connectivity index (χ0v) is 20.8. The minimum Gasteiger partial charge on any atom is -0.444 e. The number of nitriles is 1. The minimum absolute atomic E-state index is 0.303. The van der Waals surface area contributed by atoms with Crippen molar-refractivity contribution in [2.75, 3.05) is 45.2 Å². The van der Waals surface area contributed by atoms with Crippen molar-refractivity contribution < 1.29 is 14.3 Å². The molecule has 0 saturated carbocycles. The first kappa shape index (κ1) is 25.3. The number of ether oxygens (including phenoxy) is 1. The third-order valence-electron chi connectivity index (χ3n) is 5.09. The number of benzene rings is 1. The SMILES string of the molecule is CN(C)NC(=O)c1ccc(-c2cnc(N3CCN(C(=O)OC(C)(C)C)CC3)c(C#N)c2)cc1Cl. The van der Waals surface area contributed by atoms with Gasteiger partial charge >= 0.3 is 6.09 Å². The summed E-state index contributed by atoms with van der Waals surface area (Å²) in [5, 5.41) is 11.6. The van der Waals surface area contributed by atoms with Crippen molar-refractivity contribution in [3.8, 4) is 17.2 Å². The van der Waals surface area contributed by atoms with E-state index in [2.05, 4.69) is 16.5 Å². The standard InChI is InChI=1S/C24H29ClN6O3/c1-24(2,3)34-23(33)31-10-8-30(9-11-31)21-17(14-26)12-18(15-27-21)16-6-7-19(20(25)13-16)22(32)28-29(4)5/h6-7,12-13,15H,8-11H2,1-5H3,(H,28,32). The van der Waals surface area contributed by atoms with Crippen molar-refractivity contribution in [1.82, 2.24) is 20.3 Å². The number of rotatable bonds is 4. The van der Waals surface area contributed by atoms with E-state index in [1.807, 2.05) is 25.7 Å². The van der Waals surface area contributed by atoms with E-state index in [1.54, 1.807) is 54.5 Å². The van der Waals surface area contributed by atoms with Crippen molar-refractivity contribution >= 4 is 29.4 Å². The Bertz CT molecular complexity index is 1110. The lowest BCUT2D eigenvalue weighted by Gasteiger charge is -2.36. The molecule has 0 spiro atoms. The van der Waals surface area contributed by atoms with Gasteiger partial charge < -0.3 is 14.5 Å². The Hall–Kier alpha value is -3.35. The number of piperazine rings is 1. The van der Waals surface area contributed by atoms with Crippen LogP contribution >= 0.6 is 11.6 Å². The van der Waals surface area contributed by atoms with Crippen LogP contribution in [-0.2, 0) is 4.74 Å². The average Bonchev–Trinajstić information content (AvgIpc) is 2.77. The highest BCUT2D eigenvalue weighted by atomic mass is 35.5. The molecule has 2 heterocycles. The quantitative estimate of drug-likeness (QED) is 0.662. The first-order valence-electron chi connectivity index (χ1n) is 10.9. The van der Waals surface area contributed by atoms with Gasteiger partial charge in [-0.15, -0.1) is 0 Å². The third-order valence-corrected chi connectivity index (χ3v) is 5.40. The molecule has 0 unspecified atom stereocenters. The number of halogens is 1. The van der Waals surface area contributed by atoms with Crippen molar-refractivity contribution in [3.05, 3.63) is 46.6 Å². The number of aromatic nitrogens is 1. The number of hydrazine groups is 1. The predicted molar refractivity (Wildman–Crippen MR) is 131 cm³/mol. The number of amides is 2. The van der Waals surface area contributed by atoms with E-state index in [1.165, 1.54) is 0 Å². The molecular formula is C24H29ClN6O3. The zero-order chi connectivity index (χ0) is 25.0. The fourth-order valence-corrected chi connectivity index (χ4v) is 3.79. The predicted octanol–water partition coefficient (Wildman–Crippen LogP) is 3.54. The van der Waals surface area contributed by atoms with Crippen molar-refractivity contribution in [2.45, 2.75) is 26.4 Å². The fourth-order valence-electron chi connectivity index (χ4n) is 3.52.